The standard InChI is InChI=1S/C13H15F2N3/c1-7(2)11-12(17-18(3)13(11)16)9-5-4-8(14)6-10(9)15/h4-7H,16H2,1-3H3. The van der Waals surface area contributed by atoms with Crippen molar-refractivity contribution in [2.75, 3.05) is 5.73 Å². The van der Waals surface area contributed by atoms with Gasteiger partial charge in [0.15, 0.2) is 0 Å². The van der Waals surface area contributed by atoms with Gasteiger partial charge in [0.05, 0.1) is 0 Å². The number of hydrogen-bond acceptors (Lipinski definition) is 2. The van der Waals surface area contributed by atoms with Gasteiger partial charge in [0.25, 0.3) is 0 Å². The number of halogens is 2. The molecule has 0 bridgehead atoms. The van der Waals surface area contributed by atoms with Crippen LogP contribution in [0.1, 0.15) is 25.3 Å². The second kappa shape index (κ2) is 4.40. The minimum atomic E-state index is -0.630. The number of hydrogen-bond donors (Lipinski definition) is 1. The van der Waals surface area contributed by atoms with E-state index in [4.69, 9.17) is 5.73 Å². The maximum Gasteiger partial charge on any atom is 0.135 e. The Morgan fingerprint density at radius 3 is 2.50 bits per heavy atom. The lowest BCUT2D eigenvalue weighted by Gasteiger charge is -2.07. The summed E-state index contributed by atoms with van der Waals surface area (Å²) in [5.74, 6) is -0.622. The second-order valence-corrected chi connectivity index (χ2v) is 4.55. The molecule has 1 heterocycles. The van der Waals surface area contributed by atoms with Crippen molar-refractivity contribution in [2.45, 2.75) is 19.8 Å². The molecular weight excluding hydrogens is 236 g/mol. The van der Waals surface area contributed by atoms with E-state index in [2.05, 4.69) is 5.10 Å². The summed E-state index contributed by atoms with van der Waals surface area (Å²) in [5, 5.41) is 4.22. The van der Waals surface area contributed by atoms with E-state index in [-0.39, 0.29) is 11.5 Å². The molecule has 0 spiro atoms. The first-order chi connectivity index (χ1) is 8.41. The minimum absolute atomic E-state index is 0.109. The summed E-state index contributed by atoms with van der Waals surface area (Å²) in [6, 6.07) is 3.45. The van der Waals surface area contributed by atoms with Crippen molar-refractivity contribution >= 4 is 5.82 Å². The Morgan fingerprint density at radius 1 is 1.28 bits per heavy atom. The summed E-state index contributed by atoms with van der Waals surface area (Å²) >= 11 is 0. The van der Waals surface area contributed by atoms with E-state index in [0.29, 0.717) is 11.5 Å². The zero-order chi connectivity index (χ0) is 13.4. The number of nitrogens with zero attached hydrogens (tertiary/aromatic N) is 2. The molecule has 2 aromatic rings. The zero-order valence-electron chi connectivity index (χ0n) is 10.5. The van der Waals surface area contributed by atoms with E-state index in [1.165, 1.54) is 16.8 Å². The monoisotopic (exact) mass is 251 g/mol. The molecule has 3 nitrogen and oxygen atoms in total. The van der Waals surface area contributed by atoms with Crippen molar-refractivity contribution in [3.05, 3.63) is 35.4 Å². The van der Waals surface area contributed by atoms with E-state index in [0.717, 1.165) is 11.6 Å². The number of rotatable bonds is 2. The first-order valence-electron chi connectivity index (χ1n) is 5.69. The molecule has 0 unspecified atom stereocenters. The van der Waals surface area contributed by atoms with E-state index in [9.17, 15) is 8.78 Å². The third-order valence-corrected chi connectivity index (χ3v) is 2.89. The van der Waals surface area contributed by atoms with Crippen molar-refractivity contribution < 1.29 is 8.78 Å². The van der Waals surface area contributed by atoms with Crippen LogP contribution in [0, 0.1) is 11.6 Å². The number of aromatic nitrogens is 2. The summed E-state index contributed by atoms with van der Waals surface area (Å²) in [6.45, 7) is 3.91. The van der Waals surface area contributed by atoms with Gasteiger partial charge in [0, 0.05) is 24.2 Å². The average molecular weight is 251 g/mol. The Balaban J connectivity index is 2.67. The van der Waals surface area contributed by atoms with Crippen molar-refractivity contribution in [3.63, 3.8) is 0 Å². The van der Waals surface area contributed by atoms with E-state index in [1.54, 1.807) is 7.05 Å². The van der Waals surface area contributed by atoms with Crippen LogP contribution in [-0.2, 0) is 7.05 Å². The molecular formula is C13H15F2N3. The molecule has 0 radical (unpaired) electrons. The smallest absolute Gasteiger partial charge is 0.135 e. The van der Waals surface area contributed by atoms with Crippen molar-refractivity contribution in [2.24, 2.45) is 7.05 Å². The fourth-order valence-electron chi connectivity index (χ4n) is 2.00. The van der Waals surface area contributed by atoms with Crippen LogP contribution in [0.25, 0.3) is 11.3 Å². The number of aryl methyl sites for hydroxylation is 1. The Bertz CT molecular complexity index is 588. The molecule has 0 saturated carbocycles. The van der Waals surface area contributed by atoms with Crippen molar-refractivity contribution in [3.8, 4) is 11.3 Å². The largest absolute Gasteiger partial charge is 0.384 e. The number of anilines is 1. The highest BCUT2D eigenvalue weighted by Crippen LogP contribution is 2.33. The maximum atomic E-state index is 13.8. The molecule has 18 heavy (non-hydrogen) atoms. The lowest BCUT2D eigenvalue weighted by molar-refractivity contribution is 0.585. The maximum absolute atomic E-state index is 13.8. The van der Waals surface area contributed by atoms with Gasteiger partial charge >= 0.3 is 0 Å². The SMILES string of the molecule is CC(C)c1c(-c2ccc(F)cc2F)nn(C)c1N. The Kier molecular flexibility index (Phi) is 3.07. The highest BCUT2D eigenvalue weighted by Gasteiger charge is 2.20. The van der Waals surface area contributed by atoms with Crippen LogP contribution in [0.5, 0.6) is 0 Å². The van der Waals surface area contributed by atoms with Crippen LogP contribution < -0.4 is 5.73 Å². The molecule has 0 aliphatic carbocycles. The van der Waals surface area contributed by atoms with E-state index < -0.39 is 11.6 Å². The van der Waals surface area contributed by atoms with Crippen LogP contribution >= 0.6 is 0 Å². The Morgan fingerprint density at radius 2 is 1.94 bits per heavy atom. The Hall–Kier alpha value is -1.91. The number of nitrogen functional groups attached to an aromatic ring is 1. The molecule has 0 saturated heterocycles. The minimum Gasteiger partial charge on any atom is -0.384 e. The normalized spacial score (nSPS) is 11.2. The van der Waals surface area contributed by atoms with Gasteiger partial charge in [-0.15, -0.1) is 0 Å². The summed E-state index contributed by atoms with van der Waals surface area (Å²) < 4.78 is 28.2. The fraction of sp³-hybridized carbons (Fsp3) is 0.308. The van der Waals surface area contributed by atoms with Crippen molar-refractivity contribution in [1.82, 2.24) is 9.78 Å². The van der Waals surface area contributed by atoms with E-state index in [1.807, 2.05) is 13.8 Å². The molecule has 5 heteroatoms. The quantitative estimate of drug-likeness (QED) is 0.891. The lowest BCUT2D eigenvalue weighted by atomic mass is 9.98. The summed E-state index contributed by atoms with van der Waals surface area (Å²) in [4.78, 5) is 0. The van der Waals surface area contributed by atoms with Gasteiger partial charge in [0.2, 0.25) is 0 Å². The molecule has 1 aromatic heterocycles. The molecule has 0 fully saturated rings. The van der Waals surface area contributed by atoms with Crippen LogP contribution in [0.2, 0.25) is 0 Å². The van der Waals surface area contributed by atoms with Crippen LogP contribution in [-0.4, -0.2) is 9.78 Å². The van der Waals surface area contributed by atoms with E-state index >= 15 is 0 Å². The molecule has 0 atom stereocenters. The highest BCUT2D eigenvalue weighted by molar-refractivity contribution is 5.69. The van der Waals surface area contributed by atoms with Gasteiger partial charge in [-0.1, -0.05) is 13.8 Å². The molecule has 0 aliphatic rings. The van der Waals surface area contributed by atoms with Crippen LogP contribution in [0.3, 0.4) is 0 Å². The van der Waals surface area contributed by atoms with Gasteiger partial charge in [-0.2, -0.15) is 5.10 Å². The lowest BCUT2D eigenvalue weighted by Crippen LogP contribution is -2.00. The molecule has 0 aliphatic heterocycles. The van der Waals surface area contributed by atoms with Gasteiger partial charge in [-0.25, -0.2) is 8.78 Å². The Labute approximate surface area is 104 Å². The second-order valence-electron chi connectivity index (χ2n) is 4.55. The number of benzene rings is 1. The fourth-order valence-corrected chi connectivity index (χ4v) is 2.00. The average Bonchev–Trinajstić information content (AvgIpc) is 2.55. The van der Waals surface area contributed by atoms with Gasteiger partial charge in [-0.3, -0.25) is 4.68 Å². The molecule has 2 N–H and O–H groups in total. The van der Waals surface area contributed by atoms with Crippen LogP contribution in [0.15, 0.2) is 18.2 Å². The summed E-state index contributed by atoms with van der Waals surface area (Å²) in [5.41, 5.74) is 7.45. The predicted molar refractivity (Wildman–Crippen MR) is 67.1 cm³/mol. The molecule has 0 amide bonds. The third kappa shape index (κ3) is 1.96. The summed E-state index contributed by atoms with van der Waals surface area (Å²) in [7, 11) is 1.70. The first kappa shape index (κ1) is 12.5. The highest BCUT2D eigenvalue weighted by atomic mass is 19.1. The van der Waals surface area contributed by atoms with Gasteiger partial charge in [-0.05, 0) is 18.1 Å². The summed E-state index contributed by atoms with van der Waals surface area (Å²) in [6.07, 6.45) is 0. The third-order valence-electron chi connectivity index (χ3n) is 2.89. The first-order valence-corrected chi connectivity index (χ1v) is 5.69. The van der Waals surface area contributed by atoms with Crippen LogP contribution in [0.4, 0.5) is 14.6 Å². The predicted octanol–water partition coefficient (Wildman–Crippen LogP) is 3.07. The van der Waals surface area contributed by atoms with Gasteiger partial charge in [0.1, 0.15) is 23.1 Å². The molecule has 1 aromatic carbocycles. The molecule has 2 rings (SSSR count). The van der Waals surface area contributed by atoms with Crippen molar-refractivity contribution in [1.29, 1.82) is 0 Å². The molecule has 96 valence electrons. The topological polar surface area (TPSA) is 43.8 Å². The van der Waals surface area contributed by atoms with Gasteiger partial charge < -0.3 is 5.73 Å². The number of nitrogens with two attached hydrogens (primary N) is 1. The zero-order valence-corrected chi connectivity index (χ0v) is 10.5.